The summed E-state index contributed by atoms with van der Waals surface area (Å²) in [6, 6.07) is 16.9. The van der Waals surface area contributed by atoms with E-state index in [0.29, 0.717) is 6.42 Å². The molecule has 0 unspecified atom stereocenters. The van der Waals surface area contributed by atoms with E-state index in [1.165, 1.54) is 16.5 Å². The van der Waals surface area contributed by atoms with E-state index in [-0.39, 0.29) is 11.9 Å². The van der Waals surface area contributed by atoms with Gasteiger partial charge >= 0.3 is 0 Å². The van der Waals surface area contributed by atoms with Crippen LogP contribution in [-0.2, 0) is 17.8 Å². The average molecular weight is 386 g/mol. The number of H-pyrrole nitrogens is 2. The minimum atomic E-state index is 0.116. The van der Waals surface area contributed by atoms with E-state index < -0.39 is 0 Å². The molecule has 29 heavy (non-hydrogen) atoms. The molecule has 3 heterocycles. The molecule has 148 valence electrons. The summed E-state index contributed by atoms with van der Waals surface area (Å²) in [5, 5.41) is 5.69. The molecule has 1 fully saturated rings. The standard InChI is InChI=1S/C24H26N4O/c29-24(13-17-14-25-22-7-3-1-5-20(17)22)27-19-9-11-28(12-10-19)16-18-15-26-23-8-4-2-6-21(18)23/h1-8,14-15,19,25-26H,9-13,16H2,(H,27,29). The van der Waals surface area contributed by atoms with Gasteiger partial charge in [0.2, 0.25) is 5.91 Å². The highest BCUT2D eigenvalue weighted by atomic mass is 16.1. The zero-order valence-corrected chi connectivity index (χ0v) is 16.4. The van der Waals surface area contributed by atoms with Crippen molar-refractivity contribution in [3.8, 4) is 0 Å². The Balaban J connectivity index is 1.14. The predicted octanol–water partition coefficient (Wildman–Crippen LogP) is 3.97. The summed E-state index contributed by atoms with van der Waals surface area (Å²) in [7, 11) is 0. The Morgan fingerprint density at radius 1 is 0.897 bits per heavy atom. The third-order valence-electron chi connectivity index (χ3n) is 6.05. The largest absolute Gasteiger partial charge is 0.361 e. The lowest BCUT2D eigenvalue weighted by Gasteiger charge is -2.32. The number of piperidine rings is 1. The number of hydrogen-bond donors (Lipinski definition) is 3. The van der Waals surface area contributed by atoms with Crippen molar-refractivity contribution in [2.24, 2.45) is 0 Å². The normalized spacial score (nSPS) is 15.9. The van der Waals surface area contributed by atoms with Gasteiger partial charge in [0.1, 0.15) is 0 Å². The first kappa shape index (κ1) is 18.0. The minimum absolute atomic E-state index is 0.116. The number of nitrogens with zero attached hydrogens (tertiary/aromatic N) is 1. The van der Waals surface area contributed by atoms with Crippen LogP contribution in [-0.4, -0.2) is 39.9 Å². The van der Waals surface area contributed by atoms with Gasteiger partial charge in [-0.1, -0.05) is 36.4 Å². The lowest BCUT2D eigenvalue weighted by atomic mass is 10.0. The molecule has 5 rings (SSSR count). The number of likely N-dealkylation sites (tertiary alicyclic amines) is 1. The van der Waals surface area contributed by atoms with Crippen LogP contribution in [0.1, 0.15) is 24.0 Å². The Hall–Kier alpha value is -3.05. The maximum atomic E-state index is 12.6. The smallest absolute Gasteiger partial charge is 0.224 e. The molecule has 0 atom stereocenters. The summed E-state index contributed by atoms with van der Waals surface area (Å²) in [4.78, 5) is 21.7. The highest BCUT2D eigenvalue weighted by molar-refractivity contribution is 5.89. The summed E-state index contributed by atoms with van der Waals surface area (Å²) in [6.07, 6.45) is 6.51. The van der Waals surface area contributed by atoms with E-state index in [2.05, 4.69) is 56.7 Å². The van der Waals surface area contributed by atoms with E-state index in [9.17, 15) is 4.79 Å². The van der Waals surface area contributed by atoms with Gasteiger partial charge < -0.3 is 15.3 Å². The van der Waals surface area contributed by atoms with Crippen LogP contribution in [0.3, 0.4) is 0 Å². The van der Waals surface area contributed by atoms with Gasteiger partial charge in [-0.05, 0) is 36.1 Å². The van der Waals surface area contributed by atoms with Crippen LogP contribution in [0, 0.1) is 0 Å². The van der Waals surface area contributed by atoms with Gasteiger partial charge in [0.15, 0.2) is 0 Å². The third-order valence-corrected chi connectivity index (χ3v) is 6.05. The lowest BCUT2D eigenvalue weighted by Crippen LogP contribution is -2.44. The van der Waals surface area contributed by atoms with Crippen molar-refractivity contribution in [1.82, 2.24) is 20.2 Å². The van der Waals surface area contributed by atoms with Crippen molar-refractivity contribution in [1.29, 1.82) is 0 Å². The minimum Gasteiger partial charge on any atom is -0.361 e. The first-order valence-electron chi connectivity index (χ1n) is 10.4. The number of fused-ring (bicyclic) bond motifs is 2. The quantitative estimate of drug-likeness (QED) is 0.486. The molecule has 2 aromatic heterocycles. The highest BCUT2D eigenvalue weighted by Crippen LogP contribution is 2.22. The maximum Gasteiger partial charge on any atom is 0.224 e. The van der Waals surface area contributed by atoms with Gasteiger partial charge in [0.05, 0.1) is 6.42 Å². The average Bonchev–Trinajstić information content (AvgIpc) is 3.34. The summed E-state index contributed by atoms with van der Waals surface area (Å²) >= 11 is 0. The molecule has 1 saturated heterocycles. The Morgan fingerprint density at radius 3 is 2.17 bits per heavy atom. The number of hydrogen-bond acceptors (Lipinski definition) is 2. The second-order valence-electron chi connectivity index (χ2n) is 8.01. The van der Waals surface area contributed by atoms with Crippen LogP contribution in [0.5, 0.6) is 0 Å². The SMILES string of the molecule is O=C(Cc1c[nH]c2ccccc12)NC1CCN(Cc2c[nH]c3ccccc23)CC1. The topological polar surface area (TPSA) is 63.9 Å². The Morgan fingerprint density at radius 2 is 1.48 bits per heavy atom. The Kier molecular flexibility index (Phi) is 4.82. The van der Waals surface area contributed by atoms with Crippen molar-refractivity contribution in [2.45, 2.75) is 31.8 Å². The Labute approximate surface area is 170 Å². The molecule has 0 spiro atoms. The van der Waals surface area contributed by atoms with Gasteiger partial charge in [-0.15, -0.1) is 0 Å². The molecule has 5 nitrogen and oxygen atoms in total. The molecule has 1 aliphatic heterocycles. The zero-order valence-electron chi connectivity index (χ0n) is 16.4. The van der Waals surface area contributed by atoms with Gasteiger partial charge in [-0.3, -0.25) is 9.69 Å². The monoisotopic (exact) mass is 386 g/mol. The number of carbonyl (C=O) groups excluding carboxylic acids is 1. The lowest BCUT2D eigenvalue weighted by molar-refractivity contribution is -0.121. The molecule has 4 aromatic rings. The molecule has 2 aromatic carbocycles. The van der Waals surface area contributed by atoms with Crippen molar-refractivity contribution in [3.05, 3.63) is 72.1 Å². The Bertz CT molecular complexity index is 1130. The van der Waals surface area contributed by atoms with E-state index in [0.717, 1.165) is 48.9 Å². The second-order valence-corrected chi connectivity index (χ2v) is 8.01. The number of nitrogens with one attached hydrogen (secondary N) is 3. The van der Waals surface area contributed by atoms with Crippen LogP contribution in [0.15, 0.2) is 60.9 Å². The van der Waals surface area contributed by atoms with Gasteiger partial charge in [0, 0.05) is 59.9 Å². The van der Waals surface area contributed by atoms with E-state index in [1.807, 2.05) is 24.4 Å². The van der Waals surface area contributed by atoms with Crippen molar-refractivity contribution < 1.29 is 4.79 Å². The van der Waals surface area contributed by atoms with Crippen molar-refractivity contribution >= 4 is 27.7 Å². The zero-order chi connectivity index (χ0) is 19.6. The number of aromatic nitrogens is 2. The molecule has 0 saturated carbocycles. The molecular formula is C24H26N4O. The second kappa shape index (κ2) is 7.76. The number of carbonyl (C=O) groups is 1. The molecule has 0 aliphatic carbocycles. The maximum absolute atomic E-state index is 12.6. The molecular weight excluding hydrogens is 360 g/mol. The molecule has 5 heteroatoms. The van der Waals surface area contributed by atoms with E-state index in [4.69, 9.17) is 0 Å². The predicted molar refractivity (Wildman–Crippen MR) is 117 cm³/mol. The number of benzene rings is 2. The first-order chi connectivity index (χ1) is 14.3. The van der Waals surface area contributed by atoms with Gasteiger partial charge in [-0.25, -0.2) is 0 Å². The van der Waals surface area contributed by atoms with E-state index >= 15 is 0 Å². The summed E-state index contributed by atoms with van der Waals surface area (Å²) in [5.41, 5.74) is 4.69. The molecule has 1 aliphatic rings. The first-order valence-corrected chi connectivity index (χ1v) is 10.4. The fraction of sp³-hybridized carbons (Fsp3) is 0.292. The van der Waals surface area contributed by atoms with Gasteiger partial charge in [-0.2, -0.15) is 0 Å². The fourth-order valence-electron chi connectivity index (χ4n) is 4.47. The molecule has 0 radical (unpaired) electrons. The highest BCUT2D eigenvalue weighted by Gasteiger charge is 2.21. The summed E-state index contributed by atoms with van der Waals surface area (Å²) in [6.45, 7) is 2.98. The van der Waals surface area contributed by atoms with Crippen LogP contribution in [0.25, 0.3) is 21.8 Å². The fourth-order valence-corrected chi connectivity index (χ4v) is 4.47. The van der Waals surface area contributed by atoms with Crippen LogP contribution < -0.4 is 5.32 Å². The third kappa shape index (κ3) is 3.78. The van der Waals surface area contributed by atoms with Crippen molar-refractivity contribution in [2.75, 3.05) is 13.1 Å². The van der Waals surface area contributed by atoms with E-state index in [1.54, 1.807) is 0 Å². The number of rotatable bonds is 5. The number of amides is 1. The van der Waals surface area contributed by atoms with Gasteiger partial charge in [0.25, 0.3) is 0 Å². The molecule has 0 bridgehead atoms. The summed E-state index contributed by atoms with van der Waals surface area (Å²) in [5.74, 6) is 0.116. The number of aromatic amines is 2. The van der Waals surface area contributed by atoms with Crippen LogP contribution in [0.4, 0.5) is 0 Å². The van der Waals surface area contributed by atoms with Crippen molar-refractivity contribution in [3.63, 3.8) is 0 Å². The molecule has 3 N–H and O–H groups in total. The number of para-hydroxylation sites is 2. The van der Waals surface area contributed by atoms with Crippen LogP contribution >= 0.6 is 0 Å². The summed E-state index contributed by atoms with van der Waals surface area (Å²) < 4.78 is 0. The molecule has 1 amide bonds. The van der Waals surface area contributed by atoms with Crippen LogP contribution in [0.2, 0.25) is 0 Å².